The van der Waals surface area contributed by atoms with Crippen molar-refractivity contribution in [1.82, 2.24) is 19.7 Å². The van der Waals surface area contributed by atoms with Crippen LogP contribution in [0.5, 0.6) is 0 Å². The molecule has 0 fully saturated rings. The number of fused-ring (bicyclic) bond motifs is 1. The summed E-state index contributed by atoms with van der Waals surface area (Å²) in [6.07, 6.45) is 2.03. The molecule has 3 amide bonds. The van der Waals surface area contributed by atoms with E-state index in [1.165, 1.54) is 0 Å². The molecule has 0 saturated heterocycles. The van der Waals surface area contributed by atoms with Crippen LogP contribution >= 0.6 is 11.6 Å². The zero-order chi connectivity index (χ0) is 21.8. The zero-order valence-electron chi connectivity index (χ0n) is 18.1. The molecule has 0 saturated carbocycles. The fourth-order valence-corrected chi connectivity index (χ4v) is 4.17. The predicted octanol–water partition coefficient (Wildman–Crippen LogP) is 4.15. The van der Waals surface area contributed by atoms with Crippen molar-refractivity contribution in [2.75, 3.05) is 19.6 Å². The summed E-state index contributed by atoms with van der Waals surface area (Å²) in [4.78, 5) is 29.6. The summed E-state index contributed by atoms with van der Waals surface area (Å²) >= 11 is 6.52. The predicted molar refractivity (Wildman–Crippen MR) is 120 cm³/mol. The summed E-state index contributed by atoms with van der Waals surface area (Å²) in [6.45, 7) is 9.76. The van der Waals surface area contributed by atoms with E-state index in [9.17, 15) is 9.59 Å². The molecule has 1 N–H and O–H groups in total. The van der Waals surface area contributed by atoms with Gasteiger partial charge in [0.05, 0.1) is 6.04 Å². The lowest BCUT2D eigenvalue weighted by molar-refractivity contribution is -0.134. The van der Waals surface area contributed by atoms with E-state index in [-0.39, 0.29) is 36.5 Å². The quantitative estimate of drug-likeness (QED) is 0.748. The van der Waals surface area contributed by atoms with Crippen molar-refractivity contribution in [3.05, 3.63) is 58.9 Å². The Bertz CT molecular complexity index is 893. The molecule has 0 spiro atoms. The fraction of sp³-hybridized carbons (Fsp3) is 0.478. The first kappa shape index (κ1) is 22.2. The van der Waals surface area contributed by atoms with Gasteiger partial charge in [0, 0.05) is 42.6 Å². The van der Waals surface area contributed by atoms with E-state index in [4.69, 9.17) is 11.6 Å². The van der Waals surface area contributed by atoms with Gasteiger partial charge in [-0.25, -0.2) is 4.79 Å². The van der Waals surface area contributed by atoms with Crippen LogP contribution in [0.25, 0.3) is 0 Å². The molecule has 2 aromatic rings. The molecule has 0 bridgehead atoms. The Hall–Kier alpha value is -2.47. The molecule has 6 nitrogen and oxygen atoms in total. The highest BCUT2D eigenvalue weighted by Gasteiger charge is 2.34. The number of halogens is 1. The number of hydrogen-bond donors (Lipinski definition) is 1. The Labute approximate surface area is 183 Å². The highest BCUT2D eigenvalue weighted by atomic mass is 35.5. The van der Waals surface area contributed by atoms with Gasteiger partial charge in [-0.15, -0.1) is 0 Å². The molecule has 162 valence electrons. The van der Waals surface area contributed by atoms with Crippen molar-refractivity contribution < 1.29 is 9.59 Å². The smallest absolute Gasteiger partial charge is 0.318 e. The molecule has 0 radical (unpaired) electrons. The first-order valence-electron chi connectivity index (χ1n) is 10.5. The number of carbonyl (C=O) groups is 2. The molecule has 3 rings (SSSR count). The Balaban J connectivity index is 1.89. The number of carbonyl (C=O) groups excluding carboxylic acids is 2. The molecule has 1 aliphatic rings. The van der Waals surface area contributed by atoms with Crippen LogP contribution < -0.4 is 5.32 Å². The molecule has 1 atom stereocenters. The van der Waals surface area contributed by atoms with Crippen molar-refractivity contribution >= 4 is 23.5 Å². The van der Waals surface area contributed by atoms with Crippen molar-refractivity contribution in [3.63, 3.8) is 0 Å². The number of benzene rings is 1. The maximum Gasteiger partial charge on any atom is 0.318 e. The molecule has 1 aliphatic heterocycles. The standard InChI is InChI=1S/C23H31ClN4O2/c1-16(2)14-27(23(30)25-17(3)4)15-21(29)28-13-12-26-11-7-10-20(26)22(28)18-8-5-6-9-19(18)24/h5-11,16-17,22H,12-15H2,1-4H3,(H,25,30)/t22-/m1/s1. The van der Waals surface area contributed by atoms with Gasteiger partial charge < -0.3 is 19.7 Å². The number of hydrogen-bond acceptors (Lipinski definition) is 2. The number of nitrogens with one attached hydrogen (secondary N) is 1. The number of nitrogens with zero attached hydrogens (tertiary/aromatic N) is 3. The minimum atomic E-state index is -0.274. The van der Waals surface area contributed by atoms with E-state index in [0.717, 1.165) is 17.8 Å². The SMILES string of the molecule is CC(C)CN(CC(=O)N1CCn2cccc2[C@H]1c1ccccc1Cl)C(=O)NC(C)C. The molecule has 1 aromatic heterocycles. The van der Waals surface area contributed by atoms with Crippen molar-refractivity contribution in [2.45, 2.75) is 46.3 Å². The number of amides is 3. The third-order valence-electron chi connectivity index (χ3n) is 5.17. The van der Waals surface area contributed by atoms with Crippen molar-refractivity contribution in [1.29, 1.82) is 0 Å². The number of aromatic nitrogens is 1. The molecule has 1 aromatic carbocycles. The minimum absolute atomic E-state index is 0.0106. The summed E-state index contributed by atoms with van der Waals surface area (Å²) in [6, 6.07) is 11.2. The van der Waals surface area contributed by atoms with Crippen LogP contribution in [-0.2, 0) is 11.3 Å². The van der Waals surface area contributed by atoms with E-state index < -0.39 is 0 Å². The average molecular weight is 431 g/mol. The van der Waals surface area contributed by atoms with Gasteiger partial charge in [0.1, 0.15) is 6.54 Å². The van der Waals surface area contributed by atoms with Crippen LogP contribution in [0.2, 0.25) is 5.02 Å². The van der Waals surface area contributed by atoms with Crippen LogP contribution in [0.15, 0.2) is 42.6 Å². The van der Waals surface area contributed by atoms with Crippen LogP contribution in [0.3, 0.4) is 0 Å². The maximum atomic E-state index is 13.5. The lowest BCUT2D eigenvalue weighted by Gasteiger charge is -2.39. The molecular weight excluding hydrogens is 400 g/mol. The van der Waals surface area contributed by atoms with Gasteiger partial charge in [-0.05, 0) is 43.5 Å². The van der Waals surface area contributed by atoms with Gasteiger partial charge in [-0.1, -0.05) is 43.6 Å². The summed E-state index contributed by atoms with van der Waals surface area (Å²) < 4.78 is 2.16. The second-order valence-electron chi connectivity index (χ2n) is 8.52. The largest absolute Gasteiger partial charge is 0.348 e. The normalized spacial score (nSPS) is 16.0. The first-order chi connectivity index (χ1) is 14.3. The highest BCUT2D eigenvalue weighted by Crippen LogP contribution is 2.36. The maximum absolute atomic E-state index is 13.5. The topological polar surface area (TPSA) is 57.6 Å². The van der Waals surface area contributed by atoms with Crippen LogP contribution in [0, 0.1) is 5.92 Å². The van der Waals surface area contributed by atoms with Gasteiger partial charge >= 0.3 is 6.03 Å². The fourth-order valence-electron chi connectivity index (χ4n) is 3.93. The summed E-state index contributed by atoms with van der Waals surface area (Å²) in [5.74, 6) is 0.181. The van der Waals surface area contributed by atoms with Crippen molar-refractivity contribution in [3.8, 4) is 0 Å². The molecule has 0 aliphatic carbocycles. The number of rotatable bonds is 6. The van der Waals surface area contributed by atoms with Gasteiger partial charge in [-0.2, -0.15) is 0 Å². The Morgan fingerprint density at radius 2 is 1.87 bits per heavy atom. The van der Waals surface area contributed by atoms with E-state index in [1.807, 2.05) is 75.2 Å². The highest BCUT2D eigenvalue weighted by molar-refractivity contribution is 6.31. The van der Waals surface area contributed by atoms with Gasteiger partial charge in [0.15, 0.2) is 0 Å². The number of urea groups is 1. The third-order valence-corrected chi connectivity index (χ3v) is 5.51. The van der Waals surface area contributed by atoms with Crippen LogP contribution in [0.1, 0.15) is 45.0 Å². The minimum Gasteiger partial charge on any atom is -0.348 e. The first-order valence-corrected chi connectivity index (χ1v) is 10.9. The van der Waals surface area contributed by atoms with Gasteiger partial charge in [0.2, 0.25) is 5.91 Å². The second-order valence-corrected chi connectivity index (χ2v) is 8.92. The molecule has 7 heteroatoms. The average Bonchev–Trinajstić information content (AvgIpc) is 3.15. The summed E-state index contributed by atoms with van der Waals surface area (Å²) in [5.41, 5.74) is 1.93. The lowest BCUT2D eigenvalue weighted by atomic mass is 9.99. The molecule has 30 heavy (non-hydrogen) atoms. The lowest BCUT2D eigenvalue weighted by Crippen LogP contribution is -2.51. The molecule has 2 heterocycles. The Kier molecular flexibility index (Phi) is 7.08. The molecule has 0 unspecified atom stereocenters. The van der Waals surface area contributed by atoms with Crippen molar-refractivity contribution in [2.24, 2.45) is 5.92 Å². The molecular formula is C23H31ClN4O2. The van der Waals surface area contributed by atoms with Gasteiger partial charge in [0.25, 0.3) is 0 Å². The Morgan fingerprint density at radius 3 is 2.53 bits per heavy atom. The van der Waals surface area contributed by atoms with E-state index in [1.54, 1.807) is 4.90 Å². The second kappa shape index (κ2) is 9.56. The summed E-state index contributed by atoms with van der Waals surface area (Å²) in [7, 11) is 0. The van der Waals surface area contributed by atoms with E-state index in [2.05, 4.69) is 9.88 Å². The zero-order valence-corrected chi connectivity index (χ0v) is 18.9. The van der Waals surface area contributed by atoms with Crippen LogP contribution in [0.4, 0.5) is 4.79 Å². The van der Waals surface area contributed by atoms with Gasteiger partial charge in [-0.3, -0.25) is 4.79 Å². The summed E-state index contributed by atoms with van der Waals surface area (Å²) in [5, 5.41) is 3.54. The van der Waals surface area contributed by atoms with E-state index >= 15 is 0 Å². The monoisotopic (exact) mass is 430 g/mol. The van der Waals surface area contributed by atoms with E-state index in [0.29, 0.717) is 18.1 Å². The van der Waals surface area contributed by atoms with Crippen LogP contribution in [-0.4, -0.2) is 52.0 Å². The third kappa shape index (κ3) is 4.98. The Morgan fingerprint density at radius 1 is 1.13 bits per heavy atom.